The fourth-order valence-corrected chi connectivity index (χ4v) is 8.76. The topological polar surface area (TPSA) is 83.8 Å². The number of ether oxygens (including phenoxy) is 2. The third-order valence-corrected chi connectivity index (χ3v) is 11.6. The number of likely N-dealkylation sites (tertiary alicyclic amines) is 1. The molecule has 2 saturated heterocycles. The first-order valence-corrected chi connectivity index (χ1v) is 17.5. The zero-order valence-corrected chi connectivity index (χ0v) is 27.9. The standard InChI is InChI=1S/C38H39F4N5O3/c1-3-25-29(39)9-8-23-17-24(48)18-26(31(23)25)33-32(40)34-27(19-43-33)35(46-13-6-15-49-16-14-46)45-36(44-34)50-21-37-10-4-7-30(37)47(12-5-11-37)20-28-22(2)38(28,41)42/h1,8-9,17-19,22,28,30,48H,4-7,10-16,20-21H2,2H3/t22-,28?,30-,37?/m1/s1. The van der Waals surface area contributed by atoms with Crippen LogP contribution in [0.1, 0.15) is 51.0 Å². The second-order valence-corrected chi connectivity index (χ2v) is 14.4. The van der Waals surface area contributed by atoms with Crippen LogP contribution in [0.3, 0.4) is 0 Å². The van der Waals surface area contributed by atoms with E-state index >= 15 is 4.39 Å². The third kappa shape index (κ3) is 5.50. The Bertz CT molecular complexity index is 2010. The molecule has 2 aromatic heterocycles. The highest BCUT2D eigenvalue weighted by molar-refractivity contribution is 6.03. The zero-order chi connectivity index (χ0) is 34.8. The number of rotatable bonds is 7. The molecule has 4 atom stereocenters. The molecule has 2 unspecified atom stereocenters. The summed E-state index contributed by atoms with van der Waals surface area (Å²) in [6, 6.07) is 5.55. The molecule has 2 aliphatic heterocycles. The quantitative estimate of drug-likeness (QED) is 0.165. The van der Waals surface area contributed by atoms with Gasteiger partial charge in [-0.2, -0.15) is 9.97 Å². The number of piperidine rings is 1. The molecular weight excluding hydrogens is 650 g/mol. The Morgan fingerprint density at radius 1 is 1.08 bits per heavy atom. The third-order valence-electron chi connectivity index (χ3n) is 11.6. The molecule has 2 aliphatic carbocycles. The number of aromatic hydroxyl groups is 1. The van der Waals surface area contributed by atoms with Crippen LogP contribution in [0.25, 0.3) is 32.9 Å². The molecule has 2 saturated carbocycles. The molecule has 2 aromatic carbocycles. The predicted molar refractivity (Wildman–Crippen MR) is 181 cm³/mol. The van der Waals surface area contributed by atoms with Crippen LogP contribution in [-0.2, 0) is 4.74 Å². The number of hydrogen-bond donors (Lipinski definition) is 1. The Balaban J connectivity index is 1.19. The largest absolute Gasteiger partial charge is 0.508 e. The number of hydrogen-bond acceptors (Lipinski definition) is 8. The fourth-order valence-electron chi connectivity index (χ4n) is 8.76. The summed E-state index contributed by atoms with van der Waals surface area (Å²) in [5.74, 6) is -2.60. The summed E-state index contributed by atoms with van der Waals surface area (Å²) in [4.78, 5) is 18.2. The van der Waals surface area contributed by atoms with Gasteiger partial charge in [0.15, 0.2) is 5.82 Å². The number of phenols is 1. The van der Waals surface area contributed by atoms with Gasteiger partial charge in [0.05, 0.1) is 24.2 Å². The number of halogens is 4. The molecule has 0 bridgehead atoms. The summed E-state index contributed by atoms with van der Waals surface area (Å²) in [6.45, 7) is 5.25. The first-order chi connectivity index (χ1) is 24.1. The van der Waals surface area contributed by atoms with E-state index in [9.17, 15) is 18.3 Å². The van der Waals surface area contributed by atoms with Gasteiger partial charge in [0.2, 0.25) is 0 Å². The molecule has 0 radical (unpaired) electrons. The van der Waals surface area contributed by atoms with Crippen LogP contribution < -0.4 is 9.64 Å². The van der Waals surface area contributed by atoms with Crippen LogP contribution >= 0.6 is 0 Å². The minimum absolute atomic E-state index is 0.00402. The number of phenolic OH excluding ortho intramolecular Hbond substituents is 1. The number of anilines is 1. The number of aromatic nitrogens is 3. The summed E-state index contributed by atoms with van der Waals surface area (Å²) < 4.78 is 72.4. The summed E-state index contributed by atoms with van der Waals surface area (Å²) in [7, 11) is 0. The van der Waals surface area contributed by atoms with Gasteiger partial charge in [-0.05, 0) is 62.2 Å². The van der Waals surface area contributed by atoms with Gasteiger partial charge in [0.1, 0.15) is 28.6 Å². The van der Waals surface area contributed by atoms with Crippen LogP contribution in [0.5, 0.6) is 11.8 Å². The van der Waals surface area contributed by atoms with Crippen molar-refractivity contribution < 1.29 is 32.1 Å². The maximum absolute atomic E-state index is 16.9. The van der Waals surface area contributed by atoms with E-state index in [0.29, 0.717) is 49.4 Å². The first kappa shape index (κ1) is 33.0. The lowest BCUT2D eigenvalue weighted by Crippen LogP contribution is -2.52. The van der Waals surface area contributed by atoms with E-state index < -0.39 is 29.4 Å². The van der Waals surface area contributed by atoms with E-state index in [0.717, 1.165) is 45.1 Å². The fraction of sp³-hybridized carbons (Fsp3) is 0.500. The van der Waals surface area contributed by atoms with E-state index in [2.05, 4.69) is 20.8 Å². The molecule has 4 aromatic rings. The monoisotopic (exact) mass is 689 g/mol. The van der Waals surface area contributed by atoms with E-state index in [1.165, 1.54) is 30.5 Å². The molecule has 8 rings (SSSR count). The predicted octanol–water partition coefficient (Wildman–Crippen LogP) is 6.95. The van der Waals surface area contributed by atoms with Gasteiger partial charge in [-0.25, -0.2) is 17.6 Å². The molecule has 50 heavy (non-hydrogen) atoms. The van der Waals surface area contributed by atoms with Gasteiger partial charge in [-0.15, -0.1) is 6.42 Å². The molecule has 4 aliphatic rings. The second kappa shape index (κ2) is 12.5. The highest BCUT2D eigenvalue weighted by Crippen LogP contribution is 2.57. The molecule has 4 heterocycles. The van der Waals surface area contributed by atoms with Crippen LogP contribution in [0.15, 0.2) is 30.5 Å². The van der Waals surface area contributed by atoms with Crippen molar-refractivity contribution in [1.82, 2.24) is 19.9 Å². The zero-order valence-electron chi connectivity index (χ0n) is 27.9. The van der Waals surface area contributed by atoms with Crippen molar-refractivity contribution in [3.05, 3.63) is 47.7 Å². The molecule has 1 N–H and O–H groups in total. The molecule has 0 amide bonds. The number of alkyl halides is 2. The van der Waals surface area contributed by atoms with Crippen molar-refractivity contribution in [2.24, 2.45) is 17.3 Å². The minimum atomic E-state index is -2.61. The highest BCUT2D eigenvalue weighted by atomic mass is 19.3. The number of benzene rings is 2. The smallest absolute Gasteiger partial charge is 0.319 e. The number of terminal acetylenes is 1. The maximum Gasteiger partial charge on any atom is 0.319 e. The second-order valence-electron chi connectivity index (χ2n) is 14.4. The van der Waals surface area contributed by atoms with Gasteiger partial charge in [-0.3, -0.25) is 9.88 Å². The van der Waals surface area contributed by atoms with Crippen molar-refractivity contribution in [1.29, 1.82) is 0 Å². The van der Waals surface area contributed by atoms with Crippen molar-refractivity contribution in [3.63, 3.8) is 0 Å². The Kier molecular flexibility index (Phi) is 8.26. The number of nitrogens with zero attached hydrogens (tertiary/aromatic N) is 5. The van der Waals surface area contributed by atoms with E-state index in [1.54, 1.807) is 6.92 Å². The Labute approximate surface area is 287 Å². The lowest BCUT2D eigenvalue weighted by Gasteiger charge is -2.46. The van der Waals surface area contributed by atoms with E-state index in [-0.39, 0.29) is 57.5 Å². The lowest BCUT2D eigenvalue weighted by molar-refractivity contribution is -0.0102. The lowest BCUT2D eigenvalue weighted by atomic mass is 9.75. The molecule has 8 nitrogen and oxygen atoms in total. The Morgan fingerprint density at radius 2 is 1.90 bits per heavy atom. The van der Waals surface area contributed by atoms with Gasteiger partial charge in [0, 0.05) is 66.7 Å². The Hall–Kier alpha value is -4.21. The average molecular weight is 690 g/mol. The van der Waals surface area contributed by atoms with Gasteiger partial charge in [0.25, 0.3) is 5.92 Å². The molecule has 0 spiro atoms. The first-order valence-electron chi connectivity index (χ1n) is 17.5. The Morgan fingerprint density at radius 3 is 2.70 bits per heavy atom. The summed E-state index contributed by atoms with van der Waals surface area (Å²) >= 11 is 0. The number of pyridine rings is 1. The van der Waals surface area contributed by atoms with Crippen LogP contribution in [0, 0.1) is 41.2 Å². The normalized spacial score (nSPS) is 26.5. The molecular formula is C38H39F4N5O3. The van der Waals surface area contributed by atoms with E-state index in [1.807, 2.05) is 4.90 Å². The van der Waals surface area contributed by atoms with Crippen LogP contribution in [0.2, 0.25) is 0 Å². The average Bonchev–Trinajstić information content (AvgIpc) is 3.44. The van der Waals surface area contributed by atoms with E-state index in [4.69, 9.17) is 20.9 Å². The van der Waals surface area contributed by atoms with Gasteiger partial charge in [-0.1, -0.05) is 25.3 Å². The molecule has 262 valence electrons. The van der Waals surface area contributed by atoms with Crippen LogP contribution in [0.4, 0.5) is 23.4 Å². The van der Waals surface area contributed by atoms with Crippen molar-refractivity contribution in [2.75, 3.05) is 50.9 Å². The van der Waals surface area contributed by atoms with Crippen molar-refractivity contribution in [2.45, 2.75) is 57.4 Å². The SMILES string of the molecule is C#Cc1c(F)ccc2cc(O)cc(-c3ncc4c(N5CCCOCC5)nc(OCC56CCC[C@H]5N(CC5[C@@H](C)C5(F)F)CCC6)nc4c3F)c12. The molecule has 4 fully saturated rings. The summed E-state index contributed by atoms with van der Waals surface area (Å²) in [6.07, 6.45) is 12.5. The maximum atomic E-state index is 16.9. The van der Waals surface area contributed by atoms with Gasteiger partial charge >= 0.3 is 6.01 Å². The minimum Gasteiger partial charge on any atom is -0.508 e. The van der Waals surface area contributed by atoms with Crippen molar-refractivity contribution in [3.8, 4) is 35.4 Å². The van der Waals surface area contributed by atoms with Gasteiger partial charge < -0.3 is 19.5 Å². The highest BCUT2D eigenvalue weighted by Gasteiger charge is 2.66. The van der Waals surface area contributed by atoms with Crippen molar-refractivity contribution >= 4 is 27.5 Å². The summed E-state index contributed by atoms with van der Waals surface area (Å²) in [5, 5.41) is 11.6. The summed E-state index contributed by atoms with van der Waals surface area (Å²) in [5.41, 5.74) is -0.380. The molecule has 12 heteroatoms. The van der Waals surface area contributed by atoms with Crippen LogP contribution in [-0.4, -0.2) is 82.9 Å². The number of fused-ring (bicyclic) bond motifs is 3.